The maximum atomic E-state index is 6.12. The van der Waals surface area contributed by atoms with Crippen molar-refractivity contribution in [2.75, 3.05) is 5.73 Å². The van der Waals surface area contributed by atoms with Gasteiger partial charge in [0.25, 0.3) is 0 Å². The summed E-state index contributed by atoms with van der Waals surface area (Å²) in [7, 11) is 0. The van der Waals surface area contributed by atoms with Crippen LogP contribution < -0.4 is 5.73 Å². The van der Waals surface area contributed by atoms with Crippen LogP contribution in [-0.4, -0.2) is 0 Å². The molecule has 3 aromatic rings. The van der Waals surface area contributed by atoms with Crippen LogP contribution >= 0.6 is 0 Å². The zero-order valence-corrected chi connectivity index (χ0v) is 10.4. The maximum absolute atomic E-state index is 6.12. The van der Waals surface area contributed by atoms with E-state index in [-0.39, 0.29) is 0 Å². The second-order valence-electron chi connectivity index (χ2n) is 4.65. The Morgan fingerprint density at radius 3 is 2.28 bits per heavy atom. The highest BCUT2D eigenvalue weighted by Crippen LogP contribution is 2.29. The first-order valence-electron chi connectivity index (χ1n) is 6.09. The van der Waals surface area contributed by atoms with E-state index in [4.69, 9.17) is 5.73 Å². The van der Waals surface area contributed by atoms with Crippen molar-refractivity contribution < 1.29 is 0 Å². The number of anilines is 1. The molecule has 1 nitrogen and oxygen atoms in total. The first-order chi connectivity index (χ1) is 8.74. The molecule has 0 fully saturated rings. The van der Waals surface area contributed by atoms with E-state index < -0.39 is 0 Å². The lowest BCUT2D eigenvalue weighted by atomic mass is 9.99. The Balaban J connectivity index is 2.21. The predicted molar refractivity (Wildman–Crippen MR) is 78.5 cm³/mol. The number of nitrogen functional groups attached to an aromatic ring is 1. The van der Waals surface area contributed by atoms with Crippen LogP contribution in [0.1, 0.15) is 5.56 Å². The van der Waals surface area contributed by atoms with E-state index >= 15 is 0 Å². The Hall–Kier alpha value is -2.28. The molecule has 0 spiro atoms. The van der Waals surface area contributed by atoms with Gasteiger partial charge in [0.05, 0.1) is 0 Å². The summed E-state index contributed by atoms with van der Waals surface area (Å²) in [5, 5.41) is 2.31. The summed E-state index contributed by atoms with van der Waals surface area (Å²) >= 11 is 0. The normalized spacial score (nSPS) is 10.7. The summed E-state index contributed by atoms with van der Waals surface area (Å²) in [4.78, 5) is 0. The molecule has 0 aliphatic heterocycles. The van der Waals surface area contributed by atoms with Crippen LogP contribution in [0.3, 0.4) is 0 Å². The molecule has 0 atom stereocenters. The van der Waals surface area contributed by atoms with Crippen molar-refractivity contribution in [1.29, 1.82) is 0 Å². The van der Waals surface area contributed by atoms with E-state index in [1.165, 1.54) is 22.1 Å². The molecule has 0 radical (unpaired) electrons. The maximum Gasteiger partial charge on any atom is 0.0399 e. The molecule has 0 unspecified atom stereocenters. The van der Waals surface area contributed by atoms with Gasteiger partial charge in [-0.3, -0.25) is 0 Å². The van der Waals surface area contributed by atoms with Crippen molar-refractivity contribution in [2.24, 2.45) is 0 Å². The Bertz CT molecular complexity index is 696. The molecular weight excluding hydrogens is 218 g/mol. The lowest BCUT2D eigenvalue weighted by molar-refractivity contribution is 1.47. The Morgan fingerprint density at radius 2 is 1.50 bits per heavy atom. The van der Waals surface area contributed by atoms with Gasteiger partial charge in [-0.25, -0.2) is 0 Å². The highest BCUT2D eigenvalue weighted by atomic mass is 14.5. The third-order valence-electron chi connectivity index (χ3n) is 3.28. The van der Waals surface area contributed by atoms with Gasteiger partial charge in [0, 0.05) is 11.1 Å². The molecule has 0 saturated carbocycles. The van der Waals surface area contributed by atoms with Gasteiger partial charge in [-0.15, -0.1) is 0 Å². The van der Waals surface area contributed by atoms with E-state index in [1.807, 2.05) is 18.2 Å². The van der Waals surface area contributed by atoms with Gasteiger partial charge in [-0.05, 0) is 35.6 Å². The minimum Gasteiger partial charge on any atom is -0.398 e. The topological polar surface area (TPSA) is 26.0 Å². The minimum atomic E-state index is 0.837. The van der Waals surface area contributed by atoms with Crippen LogP contribution in [-0.2, 0) is 0 Å². The average Bonchev–Trinajstić information content (AvgIpc) is 2.39. The number of nitrogens with two attached hydrogens (primary N) is 1. The zero-order valence-electron chi connectivity index (χ0n) is 10.4. The molecule has 0 saturated heterocycles. The molecule has 0 aromatic heterocycles. The smallest absolute Gasteiger partial charge is 0.0399 e. The van der Waals surface area contributed by atoms with Gasteiger partial charge in [-0.2, -0.15) is 0 Å². The SMILES string of the molecule is Cc1ccc(-c2cc(N)c3ccccc3c2)cc1. The van der Waals surface area contributed by atoms with Crippen LogP contribution in [0.25, 0.3) is 21.9 Å². The monoisotopic (exact) mass is 233 g/mol. The second kappa shape index (κ2) is 4.19. The first-order valence-corrected chi connectivity index (χ1v) is 6.09. The molecule has 1 heteroatoms. The highest BCUT2D eigenvalue weighted by Gasteiger charge is 2.03. The molecule has 18 heavy (non-hydrogen) atoms. The Morgan fingerprint density at radius 1 is 0.778 bits per heavy atom. The first kappa shape index (κ1) is 10.8. The van der Waals surface area contributed by atoms with Crippen molar-refractivity contribution >= 4 is 16.5 Å². The van der Waals surface area contributed by atoms with Crippen molar-refractivity contribution in [3.8, 4) is 11.1 Å². The third-order valence-corrected chi connectivity index (χ3v) is 3.28. The van der Waals surface area contributed by atoms with E-state index in [1.54, 1.807) is 0 Å². The number of benzene rings is 3. The summed E-state index contributed by atoms with van der Waals surface area (Å²) in [5.41, 5.74) is 10.6. The van der Waals surface area contributed by atoms with Gasteiger partial charge < -0.3 is 5.73 Å². The fraction of sp³-hybridized carbons (Fsp3) is 0.0588. The summed E-state index contributed by atoms with van der Waals surface area (Å²) in [6.07, 6.45) is 0. The fourth-order valence-electron chi connectivity index (χ4n) is 2.25. The second-order valence-corrected chi connectivity index (χ2v) is 4.65. The molecule has 0 bridgehead atoms. The largest absolute Gasteiger partial charge is 0.398 e. The van der Waals surface area contributed by atoms with Crippen molar-refractivity contribution in [1.82, 2.24) is 0 Å². The summed E-state index contributed by atoms with van der Waals surface area (Å²) in [6, 6.07) is 21.0. The number of aryl methyl sites for hydroxylation is 1. The fourth-order valence-corrected chi connectivity index (χ4v) is 2.25. The van der Waals surface area contributed by atoms with Crippen LogP contribution in [0, 0.1) is 6.92 Å². The lowest BCUT2D eigenvalue weighted by Crippen LogP contribution is -1.88. The molecule has 0 aliphatic rings. The van der Waals surface area contributed by atoms with Gasteiger partial charge in [0.1, 0.15) is 0 Å². The number of rotatable bonds is 1. The van der Waals surface area contributed by atoms with Crippen molar-refractivity contribution in [2.45, 2.75) is 6.92 Å². The van der Waals surface area contributed by atoms with Gasteiger partial charge in [0.2, 0.25) is 0 Å². The van der Waals surface area contributed by atoms with E-state index in [2.05, 4.69) is 49.4 Å². The standard InChI is InChI=1S/C17H15N/c1-12-6-8-13(9-7-12)15-10-14-4-2-3-5-16(14)17(18)11-15/h2-11H,18H2,1H3. The van der Waals surface area contributed by atoms with Gasteiger partial charge in [-0.1, -0.05) is 54.1 Å². The highest BCUT2D eigenvalue weighted by molar-refractivity contribution is 5.96. The van der Waals surface area contributed by atoms with Crippen LogP contribution in [0.15, 0.2) is 60.7 Å². The molecule has 0 amide bonds. The zero-order chi connectivity index (χ0) is 12.5. The van der Waals surface area contributed by atoms with Crippen LogP contribution in [0.4, 0.5) is 5.69 Å². The molecule has 2 N–H and O–H groups in total. The van der Waals surface area contributed by atoms with Crippen LogP contribution in [0.5, 0.6) is 0 Å². The summed E-state index contributed by atoms with van der Waals surface area (Å²) in [5.74, 6) is 0. The molecule has 0 aliphatic carbocycles. The average molecular weight is 233 g/mol. The lowest BCUT2D eigenvalue weighted by Gasteiger charge is -2.07. The van der Waals surface area contributed by atoms with Crippen LogP contribution in [0.2, 0.25) is 0 Å². The summed E-state index contributed by atoms with van der Waals surface area (Å²) < 4.78 is 0. The number of hydrogen-bond donors (Lipinski definition) is 1. The Kier molecular flexibility index (Phi) is 2.52. The van der Waals surface area contributed by atoms with Gasteiger partial charge >= 0.3 is 0 Å². The van der Waals surface area contributed by atoms with Gasteiger partial charge in [0.15, 0.2) is 0 Å². The molecule has 3 rings (SSSR count). The number of hydrogen-bond acceptors (Lipinski definition) is 1. The van der Waals surface area contributed by atoms with E-state index in [0.29, 0.717) is 0 Å². The van der Waals surface area contributed by atoms with Crippen molar-refractivity contribution in [3.05, 3.63) is 66.2 Å². The minimum absolute atomic E-state index is 0.837. The molecule has 0 heterocycles. The molecule has 3 aromatic carbocycles. The quantitative estimate of drug-likeness (QED) is 0.619. The third kappa shape index (κ3) is 1.84. The molecule has 88 valence electrons. The van der Waals surface area contributed by atoms with Crippen molar-refractivity contribution in [3.63, 3.8) is 0 Å². The summed E-state index contributed by atoms with van der Waals surface area (Å²) in [6.45, 7) is 2.10. The predicted octanol–water partition coefficient (Wildman–Crippen LogP) is 4.40. The number of fused-ring (bicyclic) bond motifs is 1. The molecular formula is C17H15N. The van der Waals surface area contributed by atoms with E-state index in [0.717, 1.165) is 11.1 Å². The van der Waals surface area contributed by atoms with E-state index in [9.17, 15) is 0 Å². The Labute approximate surface area is 107 Å².